The summed E-state index contributed by atoms with van der Waals surface area (Å²) in [6.07, 6.45) is 2.26. The highest BCUT2D eigenvalue weighted by molar-refractivity contribution is 6.23. The minimum absolute atomic E-state index is 0.250. The van der Waals surface area contributed by atoms with E-state index in [-0.39, 0.29) is 17.5 Å². The molecule has 3 rings (SSSR count). The zero-order chi connectivity index (χ0) is 15.1. The van der Waals surface area contributed by atoms with Crippen molar-refractivity contribution < 1.29 is 19.5 Å². The van der Waals surface area contributed by atoms with Gasteiger partial charge in [0.05, 0.1) is 17.0 Å². The number of carbonyl (C=O) groups excluding carboxylic acids is 2. The van der Waals surface area contributed by atoms with Gasteiger partial charge in [-0.05, 0) is 31.4 Å². The summed E-state index contributed by atoms with van der Waals surface area (Å²) in [5.41, 5.74) is 6.66. The second-order valence-corrected chi connectivity index (χ2v) is 5.61. The van der Waals surface area contributed by atoms with Crippen LogP contribution in [0.5, 0.6) is 0 Å². The van der Waals surface area contributed by atoms with Crippen LogP contribution in [0.25, 0.3) is 0 Å². The second-order valence-electron chi connectivity index (χ2n) is 5.61. The van der Waals surface area contributed by atoms with Crippen molar-refractivity contribution in [3.8, 4) is 0 Å². The lowest BCUT2D eigenvalue weighted by Gasteiger charge is -2.32. The fraction of sp³-hybridized carbons (Fsp3) is 0.400. The molecule has 1 aromatic rings. The normalized spacial score (nSPS) is 25.0. The molecule has 0 saturated heterocycles. The molecular formula is C15H16N2O4. The van der Waals surface area contributed by atoms with Crippen molar-refractivity contribution in [2.24, 2.45) is 5.92 Å². The van der Waals surface area contributed by atoms with Crippen molar-refractivity contribution in [3.63, 3.8) is 0 Å². The van der Waals surface area contributed by atoms with E-state index in [1.165, 1.54) is 4.90 Å². The molecule has 1 aliphatic heterocycles. The number of amides is 2. The first-order chi connectivity index (χ1) is 10.0. The molecule has 110 valence electrons. The molecule has 6 nitrogen and oxygen atoms in total. The summed E-state index contributed by atoms with van der Waals surface area (Å²) in [4.78, 5) is 37.3. The number of nitrogen functional groups attached to an aromatic ring is 1. The molecule has 2 aliphatic rings. The number of nitrogens with zero attached hydrogens (tertiary/aromatic N) is 1. The van der Waals surface area contributed by atoms with Crippen molar-refractivity contribution in [1.29, 1.82) is 0 Å². The third kappa shape index (κ3) is 2.07. The smallest absolute Gasteiger partial charge is 0.306 e. The summed E-state index contributed by atoms with van der Waals surface area (Å²) in [5.74, 6) is -2.12. The molecule has 21 heavy (non-hydrogen) atoms. The first kappa shape index (κ1) is 13.6. The highest BCUT2D eigenvalue weighted by Crippen LogP contribution is 2.35. The largest absolute Gasteiger partial charge is 0.481 e. The van der Waals surface area contributed by atoms with Crippen LogP contribution in [0.4, 0.5) is 5.69 Å². The van der Waals surface area contributed by atoms with Gasteiger partial charge in [-0.25, -0.2) is 0 Å². The monoisotopic (exact) mass is 288 g/mol. The molecule has 1 aromatic carbocycles. The molecule has 2 amide bonds. The van der Waals surface area contributed by atoms with E-state index in [4.69, 9.17) is 10.8 Å². The van der Waals surface area contributed by atoms with Crippen molar-refractivity contribution in [3.05, 3.63) is 29.3 Å². The second kappa shape index (κ2) is 4.87. The van der Waals surface area contributed by atoms with Gasteiger partial charge >= 0.3 is 5.97 Å². The Balaban J connectivity index is 1.91. The van der Waals surface area contributed by atoms with Crippen LogP contribution in [0.1, 0.15) is 46.4 Å². The number of rotatable bonds is 2. The maximum atomic E-state index is 12.5. The molecule has 1 fully saturated rings. The Kier molecular flexibility index (Phi) is 3.16. The van der Waals surface area contributed by atoms with E-state index in [2.05, 4.69) is 0 Å². The minimum Gasteiger partial charge on any atom is -0.481 e. The Bertz CT molecular complexity index is 641. The molecule has 1 aliphatic carbocycles. The van der Waals surface area contributed by atoms with Gasteiger partial charge in [0.2, 0.25) is 0 Å². The molecular weight excluding hydrogens is 272 g/mol. The van der Waals surface area contributed by atoms with Crippen LogP contribution < -0.4 is 5.73 Å². The Morgan fingerprint density at radius 3 is 2.67 bits per heavy atom. The predicted molar refractivity (Wildman–Crippen MR) is 74.7 cm³/mol. The minimum atomic E-state index is -0.865. The number of aliphatic carboxylic acids is 1. The number of imide groups is 1. The van der Waals surface area contributed by atoms with Gasteiger partial charge in [0.15, 0.2) is 0 Å². The van der Waals surface area contributed by atoms with Gasteiger partial charge in [-0.2, -0.15) is 0 Å². The molecule has 0 aromatic heterocycles. The van der Waals surface area contributed by atoms with E-state index in [0.717, 1.165) is 0 Å². The van der Waals surface area contributed by atoms with Crippen molar-refractivity contribution >= 4 is 23.5 Å². The van der Waals surface area contributed by atoms with Crippen LogP contribution in [-0.2, 0) is 4.79 Å². The van der Waals surface area contributed by atoms with E-state index in [9.17, 15) is 14.4 Å². The van der Waals surface area contributed by atoms with Crippen LogP contribution in [0.15, 0.2) is 18.2 Å². The van der Waals surface area contributed by atoms with Crippen LogP contribution in [0.2, 0.25) is 0 Å². The molecule has 0 bridgehead atoms. The van der Waals surface area contributed by atoms with E-state index in [1.807, 2.05) is 0 Å². The summed E-state index contributed by atoms with van der Waals surface area (Å²) in [6, 6.07) is 4.47. The Morgan fingerprint density at radius 2 is 2.00 bits per heavy atom. The van der Waals surface area contributed by atoms with Crippen LogP contribution >= 0.6 is 0 Å². The highest BCUT2D eigenvalue weighted by Gasteiger charge is 2.43. The number of benzene rings is 1. The standard InChI is InChI=1S/C15H16N2O4/c16-11-6-2-5-10-12(11)14(19)17(13(10)18)9-4-1-3-8(7-9)15(20)21/h2,5-6,8-9H,1,3-4,7,16H2,(H,20,21). The topological polar surface area (TPSA) is 101 Å². The molecule has 6 heteroatoms. The third-order valence-electron chi connectivity index (χ3n) is 4.34. The Labute approximate surface area is 121 Å². The lowest BCUT2D eigenvalue weighted by molar-refractivity contribution is -0.143. The summed E-state index contributed by atoms with van der Waals surface area (Å²) in [5, 5.41) is 9.14. The molecule has 2 atom stereocenters. The lowest BCUT2D eigenvalue weighted by atomic mass is 9.85. The first-order valence-corrected chi connectivity index (χ1v) is 7.00. The van der Waals surface area contributed by atoms with Gasteiger partial charge in [0, 0.05) is 11.7 Å². The van der Waals surface area contributed by atoms with Crippen LogP contribution in [0, 0.1) is 5.92 Å². The van der Waals surface area contributed by atoms with Gasteiger partial charge in [-0.3, -0.25) is 19.3 Å². The van der Waals surface area contributed by atoms with E-state index < -0.39 is 17.8 Å². The van der Waals surface area contributed by atoms with Gasteiger partial charge in [0.1, 0.15) is 0 Å². The number of nitrogens with two attached hydrogens (primary N) is 1. The summed E-state index contributed by atoms with van der Waals surface area (Å²) < 4.78 is 0. The Morgan fingerprint density at radius 1 is 1.24 bits per heavy atom. The molecule has 0 spiro atoms. The number of carbonyl (C=O) groups is 3. The molecule has 1 heterocycles. The van der Waals surface area contributed by atoms with Gasteiger partial charge < -0.3 is 10.8 Å². The summed E-state index contributed by atoms with van der Waals surface area (Å²) >= 11 is 0. The van der Waals surface area contributed by atoms with Gasteiger partial charge in [-0.1, -0.05) is 12.5 Å². The number of carboxylic acid groups (broad SMARTS) is 1. The number of anilines is 1. The number of carboxylic acids is 1. The number of fused-ring (bicyclic) bond motifs is 1. The number of hydrogen-bond acceptors (Lipinski definition) is 4. The van der Waals surface area contributed by atoms with Crippen molar-refractivity contribution in [1.82, 2.24) is 4.90 Å². The summed E-state index contributed by atoms with van der Waals surface area (Å²) in [6.45, 7) is 0. The fourth-order valence-corrected chi connectivity index (χ4v) is 3.28. The van der Waals surface area contributed by atoms with Crippen molar-refractivity contribution in [2.45, 2.75) is 31.7 Å². The third-order valence-corrected chi connectivity index (χ3v) is 4.34. The zero-order valence-corrected chi connectivity index (χ0v) is 11.4. The van der Waals surface area contributed by atoms with Crippen molar-refractivity contribution in [2.75, 3.05) is 5.73 Å². The maximum Gasteiger partial charge on any atom is 0.306 e. The molecule has 1 saturated carbocycles. The van der Waals surface area contributed by atoms with Crippen LogP contribution in [0.3, 0.4) is 0 Å². The highest BCUT2D eigenvalue weighted by atomic mass is 16.4. The SMILES string of the molecule is Nc1cccc2c1C(=O)N(C1CCCC(C(=O)O)C1)C2=O. The number of hydrogen-bond donors (Lipinski definition) is 2. The van der Waals surface area contributed by atoms with E-state index >= 15 is 0 Å². The average molecular weight is 288 g/mol. The van der Waals surface area contributed by atoms with E-state index in [0.29, 0.717) is 36.9 Å². The molecule has 3 N–H and O–H groups in total. The fourth-order valence-electron chi connectivity index (χ4n) is 3.28. The Hall–Kier alpha value is -2.37. The van der Waals surface area contributed by atoms with Crippen LogP contribution in [-0.4, -0.2) is 33.8 Å². The predicted octanol–water partition coefficient (Wildman–Crippen LogP) is 1.51. The van der Waals surface area contributed by atoms with Gasteiger partial charge in [-0.15, -0.1) is 0 Å². The molecule has 0 radical (unpaired) electrons. The average Bonchev–Trinajstić information content (AvgIpc) is 2.72. The van der Waals surface area contributed by atoms with Gasteiger partial charge in [0.25, 0.3) is 11.8 Å². The lowest BCUT2D eigenvalue weighted by Crippen LogP contribution is -2.43. The summed E-state index contributed by atoms with van der Waals surface area (Å²) in [7, 11) is 0. The van der Waals surface area contributed by atoms with E-state index in [1.54, 1.807) is 18.2 Å². The quantitative estimate of drug-likeness (QED) is 0.634. The first-order valence-electron chi connectivity index (χ1n) is 7.00. The maximum absolute atomic E-state index is 12.5. The zero-order valence-electron chi connectivity index (χ0n) is 11.4. The molecule has 2 unspecified atom stereocenters.